The number of carboxylic acids is 1. The molecule has 0 radical (unpaired) electrons. The number of carbonyl (C=O) groups excluding carboxylic acids is 1. The summed E-state index contributed by atoms with van der Waals surface area (Å²) in [6, 6.07) is 22.8. The van der Waals surface area contributed by atoms with E-state index in [1.54, 1.807) is 29.2 Å². The van der Waals surface area contributed by atoms with Crippen molar-refractivity contribution in [2.24, 2.45) is 4.99 Å². The quantitative estimate of drug-likeness (QED) is 0.390. The van der Waals surface area contributed by atoms with E-state index in [4.69, 9.17) is 14.8 Å². The van der Waals surface area contributed by atoms with Gasteiger partial charge < -0.3 is 9.84 Å². The molecule has 3 aromatic carbocycles. The first-order chi connectivity index (χ1) is 17.0. The highest BCUT2D eigenvalue weighted by Crippen LogP contribution is 2.40. The Morgan fingerprint density at radius 2 is 1.63 bits per heavy atom. The predicted octanol–water partition coefficient (Wildman–Crippen LogP) is 6.08. The van der Waals surface area contributed by atoms with Gasteiger partial charge in [0.25, 0.3) is 5.91 Å². The Morgan fingerprint density at radius 1 is 0.971 bits per heavy atom. The molecule has 1 aliphatic heterocycles. The predicted molar refractivity (Wildman–Crippen MR) is 141 cm³/mol. The van der Waals surface area contributed by atoms with Crippen LogP contribution < -0.4 is 9.64 Å². The molecular formula is C28H26N2O4S. The third kappa shape index (κ3) is 5.46. The Bertz CT molecular complexity index is 1320. The van der Waals surface area contributed by atoms with Gasteiger partial charge in [-0.1, -0.05) is 68.4 Å². The van der Waals surface area contributed by atoms with Gasteiger partial charge >= 0.3 is 5.97 Å². The molecule has 0 unspecified atom stereocenters. The number of hydrogen-bond acceptors (Lipinski definition) is 5. The van der Waals surface area contributed by atoms with Crippen LogP contribution in [0.2, 0.25) is 0 Å². The molecule has 0 aromatic heterocycles. The molecule has 1 heterocycles. The average Bonchev–Trinajstić information content (AvgIpc) is 3.17. The highest BCUT2D eigenvalue weighted by atomic mass is 32.2. The summed E-state index contributed by atoms with van der Waals surface area (Å²) in [5.74, 6) is -0.847. The highest BCUT2D eigenvalue weighted by Gasteiger charge is 2.36. The number of amidine groups is 1. The number of ether oxygens (including phenoxy) is 1. The number of carboxylic acid groups (broad SMARTS) is 1. The van der Waals surface area contributed by atoms with Gasteiger partial charge in [0.05, 0.1) is 16.3 Å². The zero-order valence-electron chi connectivity index (χ0n) is 19.6. The van der Waals surface area contributed by atoms with Crippen molar-refractivity contribution < 1.29 is 19.4 Å². The van der Waals surface area contributed by atoms with Crippen molar-refractivity contribution in [3.8, 4) is 5.75 Å². The zero-order chi connectivity index (χ0) is 24.8. The van der Waals surface area contributed by atoms with Crippen LogP contribution in [0.25, 0.3) is 6.08 Å². The molecule has 0 spiro atoms. The third-order valence-corrected chi connectivity index (χ3v) is 6.53. The Kier molecular flexibility index (Phi) is 7.67. The molecule has 1 aliphatic rings. The minimum Gasteiger partial charge on any atom is -0.481 e. The van der Waals surface area contributed by atoms with E-state index in [9.17, 15) is 9.59 Å². The number of nitrogens with zero attached hydrogens (tertiary/aromatic N) is 2. The SMILES string of the molecule is CCc1ccccc1N=C1SC(=Cc2ccccc2OCC(=O)O)C(=O)N1c1ccccc1CC. The first kappa shape index (κ1) is 24.3. The number of aliphatic carboxylic acids is 1. The number of thioether (sulfide) groups is 1. The molecule has 1 saturated heterocycles. The van der Waals surface area contributed by atoms with Gasteiger partial charge in [-0.2, -0.15) is 0 Å². The molecule has 1 amide bonds. The van der Waals surface area contributed by atoms with Crippen LogP contribution in [0, 0.1) is 0 Å². The van der Waals surface area contributed by atoms with Gasteiger partial charge in [-0.25, -0.2) is 9.79 Å². The number of aryl methyl sites for hydroxylation is 2. The van der Waals surface area contributed by atoms with E-state index in [2.05, 4.69) is 13.8 Å². The maximum atomic E-state index is 13.7. The summed E-state index contributed by atoms with van der Waals surface area (Å²) in [7, 11) is 0. The van der Waals surface area contributed by atoms with Gasteiger partial charge in [-0.15, -0.1) is 0 Å². The maximum absolute atomic E-state index is 13.7. The first-order valence-corrected chi connectivity index (χ1v) is 12.3. The minimum atomic E-state index is -1.06. The second-order valence-electron chi connectivity index (χ2n) is 7.83. The van der Waals surface area contributed by atoms with Crippen molar-refractivity contribution >= 4 is 46.3 Å². The summed E-state index contributed by atoms with van der Waals surface area (Å²) in [6.45, 7) is 3.68. The molecule has 1 fully saturated rings. The number of rotatable bonds is 8. The fourth-order valence-corrected chi connectivity index (χ4v) is 4.80. The topological polar surface area (TPSA) is 79.2 Å². The average molecular weight is 487 g/mol. The molecule has 0 bridgehead atoms. The van der Waals surface area contributed by atoms with Gasteiger partial charge in [0.15, 0.2) is 11.8 Å². The van der Waals surface area contributed by atoms with E-state index in [0.29, 0.717) is 21.4 Å². The molecule has 7 heteroatoms. The highest BCUT2D eigenvalue weighted by molar-refractivity contribution is 8.19. The van der Waals surface area contributed by atoms with E-state index in [1.807, 2.05) is 54.6 Å². The Morgan fingerprint density at radius 3 is 2.37 bits per heavy atom. The maximum Gasteiger partial charge on any atom is 0.341 e. The fraction of sp³-hybridized carbons (Fsp3) is 0.179. The molecular weight excluding hydrogens is 460 g/mol. The van der Waals surface area contributed by atoms with Crippen LogP contribution in [-0.2, 0) is 22.4 Å². The van der Waals surface area contributed by atoms with Crippen LogP contribution in [0.1, 0.15) is 30.5 Å². The first-order valence-electron chi connectivity index (χ1n) is 11.4. The molecule has 0 atom stereocenters. The number of benzene rings is 3. The summed E-state index contributed by atoms with van der Waals surface area (Å²) in [6.07, 6.45) is 3.34. The molecule has 3 aromatic rings. The van der Waals surface area contributed by atoms with Gasteiger partial charge in [-0.05, 0) is 60.0 Å². The molecule has 4 rings (SSSR count). The van der Waals surface area contributed by atoms with Crippen LogP contribution in [0.5, 0.6) is 5.75 Å². The third-order valence-electron chi connectivity index (χ3n) is 5.57. The van der Waals surface area contributed by atoms with Crippen LogP contribution in [0.4, 0.5) is 11.4 Å². The van der Waals surface area contributed by atoms with Crippen molar-refractivity contribution in [1.29, 1.82) is 0 Å². The Hall–Kier alpha value is -3.84. The second kappa shape index (κ2) is 11.1. The van der Waals surface area contributed by atoms with Crippen LogP contribution >= 0.6 is 11.8 Å². The van der Waals surface area contributed by atoms with E-state index in [0.717, 1.165) is 35.3 Å². The van der Waals surface area contributed by atoms with Gasteiger partial charge in [0, 0.05) is 5.56 Å². The monoisotopic (exact) mass is 486 g/mol. The van der Waals surface area contributed by atoms with Crippen molar-refractivity contribution in [3.05, 3.63) is 94.4 Å². The lowest BCUT2D eigenvalue weighted by atomic mass is 10.1. The number of carbonyl (C=O) groups is 2. The summed E-state index contributed by atoms with van der Waals surface area (Å²) in [4.78, 5) is 31.8. The van der Waals surface area contributed by atoms with Crippen LogP contribution in [-0.4, -0.2) is 28.8 Å². The number of aliphatic imine (C=N–C) groups is 1. The van der Waals surface area contributed by atoms with Gasteiger partial charge in [-0.3, -0.25) is 9.69 Å². The molecule has 178 valence electrons. The molecule has 1 N–H and O–H groups in total. The fourth-order valence-electron chi connectivity index (χ4n) is 3.82. The Labute approximate surface area is 209 Å². The van der Waals surface area contributed by atoms with Crippen molar-refractivity contribution in [1.82, 2.24) is 0 Å². The van der Waals surface area contributed by atoms with Crippen LogP contribution in [0.15, 0.2) is 82.7 Å². The van der Waals surface area contributed by atoms with Crippen molar-refractivity contribution in [2.45, 2.75) is 26.7 Å². The summed E-state index contributed by atoms with van der Waals surface area (Å²) in [5, 5.41) is 9.57. The lowest BCUT2D eigenvalue weighted by molar-refractivity contribution is -0.139. The lowest BCUT2D eigenvalue weighted by Gasteiger charge is -2.19. The standard InChI is InChI=1S/C28H26N2O4S/c1-3-19-11-5-8-14-22(19)29-28-30(23-15-9-6-12-20(23)4-2)27(33)25(35-28)17-21-13-7-10-16-24(21)34-18-26(31)32/h5-17H,3-4,18H2,1-2H3,(H,31,32). The smallest absolute Gasteiger partial charge is 0.341 e. The van der Waals surface area contributed by atoms with E-state index >= 15 is 0 Å². The van der Waals surface area contributed by atoms with Gasteiger partial charge in [0.1, 0.15) is 5.75 Å². The van der Waals surface area contributed by atoms with Gasteiger partial charge in [0.2, 0.25) is 0 Å². The largest absolute Gasteiger partial charge is 0.481 e. The summed E-state index contributed by atoms with van der Waals surface area (Å²) < 4.78 is 5.44. The van der Waals surface area contributed by atoms with E-state index in [1.165, 1.54) is 11.8 Å². The van der Waals surface area contributed by atoms with E-state index < -0.39 is 12.6 Å². The number of para-hydroxylation sites is 3. The van der Waals surface area contributed by atoms with E-state index in [-0.39, 0.29) is 5.91 Å². The normalized spacial score (nSPS) is 15.7. The zero-order valence-corrected chi connectivity index (χ0v) is 20.4. The molecule has 0 saturated carbocycles. The number of amides is 1. The molecule has 0 aliphatic carbocycles. The molecule has 35 heavy (non-hydrogen) atoms. The number of anilines is 1. The lowest BCUT2D eigenvalue weighted by Crippen LogP contribution is -2.29. The van der Waals surface area contributed by atoms with Crippen LogP contribution in [0.3, 0.4) is 0 Å². The number of hydrogen-bond donors (Lipinski definition) is 1. The van der Waals surface area contributed by atoms with Crippen molar-refractivity contribution in [3.63, 3.8) is 0 Å². The summed E-state index contributed by atoms with van der Waals surface area (Å²) >= 11 is 1.30. The minimum absolute atomic E-state index is 0.184. The second-order valence-corrected chi connectivity index (χ2v) is 8.84. The molecule has 6 nitrogen and oxygen atoms in total. The summed E-state index contributed by atoms with van der Waals surface area (Å²) in [5.41, 5.74) is 4.41. The Balaban J connectivity index is 1.81. The van der Waals surface area contributed by atoms with Crippen molar-refractivity contribution in [2.75, 3.05) is 11.5 Å².